The number of aromatic amines is 1. The molecule has 2 rings (SSSR count). The minimum Gasteiger partial charge on any atom is -0.461 e. The number of halogens is 1. The number of amides is 1. The van der Waals surface area contributed by atoms with Gasteiger partial charge in [-0.15, -0.1) is 0 Å². The van der Waals surface area contributed by atoms with Crippen molar-refractivity contribution in [3.05, 3.63) is 45.9 Å². The Bertz CT molecular complexity index is 861. The lowest BCUT2D eigenvalue weighted by Crippen LogP contribution is -2.30. The number of anilines is 1. The summed E-state index contributed by atoms with van der Waals surface area (Å²) >= 11 is 5.74. The van der Waals surface area contributed by atoms with Crippen LogP contribution in [-0.2, 0) is 14.3 Å². The molecule has 0 aliphatic carbocycles. The highest BCUT2D eigenvalue weighted by Crippen LogP contribution is 2.20. The van der Waals surface area contributed by atoms with Crippen LogP contribution in [0.4, 0.5) is 5.82 Å². The van der Waals surface area contributed by atoms with Crippen LogP contribution in [0.1, 0.15) is 46.0 Å². The summed E-state index contributed by atoms with van der Waals surface area (Å²) in [6.07, 6.45) is 0.312. The Morgan fingerprint density at radius 1 is 1.26 bits per heavy atom. The van der Waals surface area contributed by atoms with Gasteiger partial charge < -0.3 is 19.8 Å². The van der Waals surface area contributed by atoms with Crippen LogP contribution in [0.15, 0.2) is 18.3 Å². The summed E-state index contributed by atoms with van der Waals surface area (Å²) in [6, 6.07) is 3.10. The Morgan fingerprint density at radius 2 is 1.96 bits per heavy atom. The third-order valence-electron chi connectivity index (χ3n) is 3.75. The topological polar surface area (TPSA) is 110 Å². The first kappa shape index (κ1) is 20.4. The predicted molar refractivity (Wildman–Crippen MR) is 99.0 cm³/mol. The summed E-state index contributed by atoms with van der Waals surface area (Å²) in [5.41, 5.74) is 1.24. The fraction of sp³-hybridized carbons (Fsp3) is 0.333. The third-order valence-corrected chi connectivity index (χ3v) is 3.98. The monoisotopic (exact) mass is 393 g/mol. The molecule has 2 N–H and O–H groups in total. The van der Waals surface area contributed by atoms with Crippen molar-refractivity contribution in [2.75, 3.05) is 11.9 Å². The molecular formula is C18H20ClN3O5. The van der Waals surface area contributed by atoms with Gasteiger partial charge in [0.15, 0.2) is 6.10 Å². The number of H-pyrrole nitrogens is 1. The van der Waals surface area contributed by atoms with Crippen molar-refractivity contribution in [3.63, 3.8) is 0 Å². The maximum Gasteiger partial charge on any atom is 0.355 e. The highest BCUT2D eigenvalue weighted by Gasteiger charge is 2.26. The van der Waals surface area contributed by atoms with E-state index < -0.39 is 23.9 Å². The fourth-order valence-corrected chi connectivity index (χ4v) is 2.53. The number of hydrogen-bond acceptors (Lipinski definition) is 6. The zero-order chi connectivity index (χ0) is 20.1. The van der Waals surface area contributed by atoms with Gasteiger partial charge in [-0.1, -0.05) is 11.6 Å². The van der Waals surface area contributed by atoms with Crippen LogP contribution >= 0.6 is 11.6 Å². The highest BCUT2D eigenvalue weighted by atomic mass is 35.5. The summed E-state index contributed by atoms with van der Waals surface area (Å²) in [6.45, 7) is 6.58. The van der Waals surface area contributed by atoms with Crippen LogP contribution in [-0.4, -0.2) is 40.5 Å². The number of ether oxygens (including phenoxy) is 2. The molecule has 0 fully saturated rings. The molecule has 1 atom stereocenters. The van der Waals surface area contributed by atoms with Gasteiger partial charge in [-0.05, 0) is 45.4 Å². The summed E-state index contributed by atoms with van der Waals surface area (Å²) in [5.74, 6) is -1.54. The molecule has 2 aromatic heterocycles. The molecule has 0 saturated carbocycles. The van der Waals surface area contributed by atoms with Crippen LogP contribution in [0.2, 0.25) is 5.02 Å². The van der Waals surface area contributed by atoms with Crippen molar-refractivity contribution in [2.45, 2.75) is 33.8 Å². The molecule has 0 saturated heterocycles. The molecule has 2 aromatic rings. The molecule has 8 nitrogen and oxygen atoms in total. The third kappa shape index (κ3) is 4.85. The molecule has 9 heteroatoms. The lowest BCUT2D eigenvalue weighted by molar-refractivity contribution is -0.123. The van der Waals surface area contributed by atoms with E-state index in [0.29, 0.717) is 16.3 Å². The first-order valence-electron chi connectivity index (χ1n) is 8.24. The minimum absolute atomic E-state index is 0.184. The average Bonchev–Trinajstić information content (AvgIpc) is 2.91. The van der Waals surface area contributed by atoms with Crippen LogP contribution in [0.5, 0.6) is 0 Å². The molecule has 0 aromatic carbocycles. The number of carbonyl (C=O) groups is 3. The highest BCUT2D eigenvalue weighted by molar-refractivity contribution is 6.30. The lowest BCUT2D eigenvalue weighted by atomic mass is 10.1. The maximum absolute atomic E-state index is 12.5. The van der Waals surface area contributed by atoms with Crippen LogP contribution < -0.4 is 5.32 Å². The molecule has 0 radical (unpaired) electrons. The second-order valence-corrected chi connectivity index (χ2v) is 6.18. The Morgan fingerprint density at radius 3 is 2.56 bits per heavy atom. The maximum atomic E-state index is 12.5. The van der Waals surface area contributed by atoms with Crippen molar-refractivity contribution >= 4 is 35.3 Å². The SMILES string of the molecule is CCOC(=O)c1[nH]c(C)c(C(=O)O[C@H](C)C(=O)Nc2ccc(Cl)cn2)c1C. The number of carbonyl (C=O) groups excluding carboxylic acids is 3. The summed E-state index contributed by atoms with van der Waals surface area (Å²) in [5, 5.41) is 2.96. The van der Waals surface area contributed by atoms with E-state index in [-0.39, 0.29) is 23.7 Å². The van der Waals surface area contributed by atoms with E-state index in [1.165, 1.54) is 19.2 Å². The van der Waals surface area contributed by atoms with E-state index in [9.17, 15) is 14.4 Å². The fourth-order valence-electron chi connectivity index (χ4n) is 2.41. The van der Waals surface area contributed by atoms with Crippen molar-refractivity contribution in [2.24, 2.45) is 0 Å². The molecule has 0 aliphatic heterocycles. The number of aromatic nitrogens is 2. The minimum atomic E-state index is -1.07. The van der Waals surface area contributed by atoms with Crippen molar-refractivity contribution in [3.8, 4) is 0 Å². The molecule has 0 spiro atoms. The zero-order valence-corrected chi connectivity index (χ0v) is 16.1. The molecule has 1 amide bonds. The Kier molecular flexibility index (Phi) is 6.57. The van der Waals surface area contributed by atoms with E-state index in [0.717, 1.165) is 0 Å². The smallest absolute Gasteiger partial charge is 0.355 e. The lowest BCUT2D eigenvalue weighted by Gasteiger charge is -2.13. The number of rotatable bonds is 6. The van der Waals surface area contributed by atoms with Crippen LogP contribution in [0.25, 0.3) is 0 Å². The van der Waals surface area contributed by atoms with Gasteiger partial charge >= 0.3 is 11.9 Å². The van der Waals surface area contributed by atoms with Gasteiger partial charge in [0.25, 0.3) is 5.91 Å². The first-order valence-corrected chi connectivity index (χ1v) is 8.62. The molecule has 144 valence electrons. The van der Waals surface area contributed by atoms with E-state index in [1.54, 1.807) is 26.8 Å². The van der Waals surface area contributed by atoms with E-state index in [2.05, 4.69) is 15.3 Å². The Hall–Kier alpha value is -2.87. The molecule has 0 unspecified atom stereocenters. The number of pyridine rings is 1. The summed E-state index contributed by atoms with van der Waals surface area (Å²) < 4.78 is 10.2. The number of aryl methyl sites for hydroxylation is 1. The Labute approximate surface area is 161 Å². The second kappa shape index (κ2) is 8.68. The van der Waals surface area contributed by atoms with Gasteiger partial charge in [-0.3, -0.25) is 4.79 Å². The van der Waals surface area contributed by atoms with E-state index in [1.807, 2.05) is 0 Å². The molecule has 27 heavy (non-hydrogen) atoms. The van der Waals surface area contributed by atoms with Gasteiger partial charge in [0.2, 0.25) is 0 Å². The van der Waals surface area contributed by atoms with Gasteiger partial charge in [-0.25, -0.2) is 14.6 Å². The van der Waals surface area contributed by atoms with Crippen LogP contribution in [0.3, 0.4) is 0 Å². The Balaban J connectivity index is 2.08. The van der Waals surface area contributed by atoms with Gasteiger partial charge in [0, 0.05) is 11.9 Å². The predicted octanol–water partition coefficient (Wildman–Crippen LogP) is 3.04. The van der Waals surface area contributed by atoms with Gasteiger partial charge in [0.1, 0.15) is 11.5 Å². The normalized spacial score (nSPS) is 11.6. The van der Waals surface area contributed by atoms with Crippen molar-refractivity contribution in [1.29, 1.82) is 0 Å². The zero-order valence-electron chi connectivity index (χ0n) is 15.4. The quantitative estimate of drug-likeness (QED) is 0.730. The molecule has 0 bridgehead atoms. The standard InChI is InChI=1S/C18H20ClN3O5/c1-5-26-18(25)15-9(2)14(10(3)21-15)17(24)27-11(4)16(23)22-13-7-6-12(19)8-20-13/h6-8,11,21H,5H2,1-4H3,(H,20,22,23)/t11-/m1/s1. The second-order valence-electron chi connectivity index (χ2n) is 5.74. The first-order chi connectivity index (χ1) is 12.7. The molecule has 2 heterocycles. The number of nitrogens with zero attached hydrogens (tertiary/aromatic N) is 1. The van der Waals surface area contributed by atoms with Crippen molar-refractivity contribution < 1.29 is 23.9 Å². The van der Waals surface area contributed by atoms with Gasteiger partial charge in [-0.2, -0.15) is 0 Å². The molecule has 0 aliphatic rings. The van der Waals surface area contributed by atoms with E-state index >= 15 is 0 Å². The van der Waals surface area contributed by atoms with Gasteiger partial charge in [0.05, 0.1) is 17.2 Å². The number of nitrogens with one attached hydrogen (secondary N) is 2. The number of hydrogen-bond donors (Lipinski definition) is 2. The van der Waals surface area contributed by atoms with E-state index in [4.69, 9.17) is 21.1 Å². The van der Waals surface area contributed by atoms with Crippen LogP contribution in [0, 0.1) is 13.8 Å². The average molecular weight is 394 g/mol. The molecular weight excluding hydrogens is 374 g/mol. The number of esters is 2. The summed E-state index contributed by atoms with van der Waals surface area (Å²) in [4.78, 5) is 43.4. The summed E-state index contributed by atoms with van der Waals surface area (Å²) in [7, 11) is 0. The van der Waals surface area contributed by atoms with Crippen molar-refractivity contribution in [1.82, 2.24) is 9.97 Å². The largest absolute Gasteiger partial charge is 0.461 e.